The first-order valence-electron chi connectivity index (χ1n) is 8.91. The second-order valence-electron chi connectivity index (χ2n) is 6.72. The molecule has 2 aliphatic rings. The summed E-state index contributed by atoms with van der Waals surface area (Å²) in [6.07, 6.45) is 6.20. The van der Waals surface area contributed by atoms with Gasteiger partial charge in [-0.1, -0.05) is 18.2 Å². The third-order valence-electron chi connectivity index (χ3n) is 4.65. The highest BCUT2D eigenvalue weighted by atomic mass is 16.2. The molecule has 0 atom stereocenters. The largest absolute Gasteiger partial charge is 0.364 e. The van der Waals surface area contributed by atoms with Gasteiger partial charge in [0.15, 0.2) is 0 Å². The molecule has 1 aliphatic heterocycles. The van der Waals surface area contributed by atoms with Crippen LogP contribution in [0.2, 0.25) is 0 Å². The summed E-state index contributed by atoms with van der Waals surface area (Å²) in [6.45, 7) is 1.75. The van der Waals surface area contributed by atoms with Gasteiger partial charge in [-0.15, -0.1) is 0 Å². The average Bonchev–Trinajstić information content (AvgIpc) is 3.38. The zero-order valence-electron chi connectivity index (χ0n) is 14.4. The predicted octanol–water partition coefficient (Wildman–Crippen LogP) is 3.66. The highest BCUT2D eigenvalue weighted by Crippen LogP contribution is 2.30. The molecule has 1 heterocycles. The minimum Gasteiger partial charge on any atom is -0.364 e. The molecule has 0 aromatic heterocycles. The van der Waals surface area contributed by atoms with Crippen LogP contribution in [0.4, 0.5) is 17.1 Å². The number of rotatable bonds is 5. The van der Waals surface area contributed by atoms with Crippen LogP contribution in [0.3, 0.4) is 0 Å². The maximum absolute atomic E-state index is 12.5. The van der Waals surface area contributed by atoms with Gasteiger partial charge in [-0.2, -0.15) is 0 Å². The van der Waals surface area contributed by atoms with Gasteiger partial charge in [0, 0.05) is 41.6 Å². The fourth-order valence-corrected chi connectivity index (χ4v) is 2.96. The lowest BCUT2D eigenvalue weighted by molar-refractivity contribution is -0.117. The Morgan fingerprint density at radius 3 is 2.19 bits per heavy atom. The second-order valence-corrected chi connectivity index (χ2v) is 6.72. The monoisotopic (exact) mass is 347 g/mol. The molecular formula is C21H21N3O2. The van der Waals surface area contributed by atoms with Crippen LogP contribution in [0.25, 0.3) is 0 Å². The van der Waals surface area contributed by atoms with E-state index in [2.05, 4.69) is 27.7 Å². The van der Waals surface area contributed by atoms with Crippen molar-refractivity contribution in [1.29, 1.82) is 0 Å². The van der Waals surface area contributed by atoms with Crippen LogP contribution in [-0.4, -0.2) is 24.9 Å². The third-order valence-corrected chi connectivity index (χ3v) is 4.65. The number of amides is 2. The summed E-state index contributed by atoms with van der Waals surface area (Å²) in [7, 11) is 0. The number of hydrogen-bond donors (Lipinski definition) is 2. The van der Waals surface area contributed by atoms with Crippen LogP contribution < -0.4 is 15.5 Å². The van der Waals surface area contributed by atoms with Gasteiger partial charge in [0.1, 0.15) is 0 Å². The molecule has 0 unspecified atom stereocenters. The number of hydrogen-bond acceptors (Lipinski definition) is 3. The number of anilines is 3. The van der Waals surface area contributed by atoms with Crippen molar-refractivity contribution < 1.29 is 9.59 Å². The maximum atomic E-state index is 12.5. The van der Waals surface area contributed by atoms with E-state index in [1.807, 2.05) is 36.4 Å². The van der Waals surface area contributed by atoms with E-state index in [0.29, 0.717) is 11.3 Å². The maximum Gasteiger partial charge on any atom is 0.255 e. The van der Waals surface area contributed by atoms with Crippen molar-refractivity contribution in [3.8, 4) is 0 Å². The Kier molecular flexibility index (Phi) is 4.44. The predicted molar refractivity (Wildman–Crippen MR) is 104 cm³/mol. The number of benzene rings is 2. The summed E-state index contributed by atoms with van der Waals surface area (Å²) in [5.41, 5.74) is 3.12. The minimum atomic E-state index is -0.145. The zero-order valence-corrected chi connectivity index (χ0v) is 14.4. The molecule has 0 radical (unpaired) electrons. The highest BCUT2D eigenvalue weighted by molar-refractivity contribution is 6.05. The molecule has 0 spiro atoms. The summed E-state index contributed by atoms with van der Waals surface area (Å²) < 4.78 is 0. The first-order valence-corrected chi connectivity index (χ1v) is 8.91. The van der Waals surface area contributed by atoms with E-state index in [0.717, 1.165) is 37.3 Å². The molecular weight excluding hydrogens is 326 g/mol. The molecule has 2 N–H and O–H groups in total. The first kappa shape index (κ1) is 16.4. The molecule has 0 saturated heterocycles. The van der Waals surface area contributed by atoms with Crippen molar-refractivity contribution in [2.75, 3.05) is 28.6 Å². The Balaban J connectivity index is 1.39. The van der Waals surface area contributed by atoms with E-state index in [1.54, 1.807) is 12.1 Å². The molecule has 5 heteroatoms. The average molecular weight is 347 g/mol. The number of carbonyl (C=O) groups excluding carboxylic acids is 2. The van der Waals surface area contributed by atoms with Crippen molar-refractivity contribution >= 4 is 28.9 Å². The summed E-state index contributed by atoms with van der Waals surface area (Å²) in [5, 5.41) is 5.80. The number of carbonyl (C=O) groups is 2. The number of nitrogens with zero attached hydrogens (tertiary/aromatic N) is 1. The molecule has 1 fully saturated rings. The summed E-state index contributed by atoms with van der Waals surface area (Å²) in [5.74, 6) is 0.108. The molecule has 132 valence electrons. The standard InChI is InChI=1S/C21H21N3O2/c25-20(15-6-7-15)22-17-8-10-18(11-9-17)23-21(26)16-4-3-5-19(14-16)24-12-1-2-13-24/h1-5,8-11,14-15H,6-7,12-13H2,(H,22,25)(H,23,26). The molecule has 1 aliphatic carbocycles. The summed E-state index contributed by atoms with van der Waals surface area (Å²) in [6, 6.07) is 14.9. The summed E-state index contributed by atoms with van der Waals surface area (Å²) >= 11 is 0. The lowest BCUT2D eigenvalue weighted by Crippen LogP contribution is -2.19. The zero-order chi connectivity index (χ0) is 17.9. The minimum absolute atomic E-state index is 0.0787. The quantitative estimate of drug-likeness (QED) is 0.812. The van der Waals surface area contributed by atoms with Crippen LogP contribution in [0.15, 0.2) is 60.7 Å². The van der Waals surface area contributed by atoms with E-state index in [-0.39, 0.29) is 17.7 Å². The van der Waals surface area contributed by atoms with Gasteiger partial charge in [0.25, 0.3) is 5.91 Å². The van der Waals surface area contributed by atoms with E-state index in [9.17, 15) is 9.59 Å². The van der Waals surface area contributed by atoms with Gasteiger partial charge in [-0.25, -0.2) is 0 Å². The Bertz CT molecular complexity index is 846. The van der Waals surface area contributed by atoms with Gasteiger partial charge in [0.2, 0.25) is 5.91 Å². The van der Waals surface area contributed by atoms with Gasteiger partial charge in [-0.05, 0) is 55.3 Å². The molecule has 4 rings (SSSR count). The third kappa shape index (κ3) is 3.77. The molecule has 2 aromatic rings. The Labute approximate surface area is 152 Å². The molecule has 1 saturated carbocycles. The summed E-state index contributed by atoms with van der Waals surface area (Å²) in [4.78, 5) is 26.5. The fourth-order valence-electron chi connectivity index (χ4n) is 2.96. The first-order chi connectivity index (χ1) is 12.7. The van der Waals surface area contributed by atoms with E-state index >= 15 is 0 Å². The van der Waals surface area contributed by atoms with Crippen molar-refractivity contribution in [2.24, 2.45) is 5.92 Å². The van der Waals surface area contributed by atoms with Crippen LogP contribution in [0.5, 0.6) is 0 Å². The van der Waals surface area contributed by atoms with Crippen molar-refractivity contribution in [1.82, 2.24) is 0 Å². The Morgan fingerprint density at radius 1 is 0.885 bits per heavy atom. The van der Waals surface area contributed by atoms with Crippen LogP contribution in [0.1, 0.15) is 23.2 Å². The van der Waals surface area contributed by atoms with Crippen molar-refractivity contribution in [3.05, 3.63) is 66.2 Å². The Morgan fingerprint density at radius 2 is 1.54 bits per heavy atom. The normalized spacial score (nSPS) is 15.8. The van der Waals surface area contributed by atoms with Gasteiger partial charge < -0.3 is 15.5 Å². The smallest absolute Gasteiger partial charge is 0.255 e. The lowest BCUT2D eigenvalue weighted by Gasteiger charge is -2.18. The van der Waals surface area contributed by atoms with Crippen molar-refractivity contribution in [2.45, 2.75) is 12.8 Å². The molecule has 5 nitrogen and oxygen atoms in total. The fraction of sp³-hybridized carbons (Fsp3) is 0.238. The second kappa shape index (κ2) is 7.04. The van der Waals surface area contributed by atoms with Crippen molar-refractivity contribution in [3.63, 3.8) is 0 Å². The van der Waals surface area contributed by atoms with Crippen LogP contribution >= 0.6 is 0 Å². The van der Waals surface area contributed by atoms with Gasteiger partial charge >= 0.3 is 0 Å². The topological polar surface area (TPSA) is 61.4 Å². The van der Waals surface area contributed by atoms with E-state index in [4.69, 9.17) is 0 Å². The van der Waals surface area contributed by atoms with Crippen LogP contribution in [-0.2, 0) is 4.79 Å². The van der Waals surface area contributed by atoms with E-state index < -0.39 is 0 Å². The van der Waals surface area contributed by atoms with Gasteiger partial charge in [-0.3, -0.25) is 9.59 Å². The molecule has 26 heavy (non-hydrogen) atoms. The van der Waals surface area contributed by atoms with Gasteiger partial charge in [0.05, 0.1) is 0 Å². The molecule has 2 amide bonds. The molecule has 2 aromatic carbocycles. The highest BCUT2D eigenvalue weighted by Gasteiger charge is 2.29. The lowest BCUT2D eigenvalue weighted by atomic mass is 10.1. The van der Waals surface area contributed by atoms with E-state index in [1.165, 1.54) is 0 Å². The molecule has 0 bridgehead atoms. The SMILES string of the molecule is O=C(Nc1ccc(NC(=O)C2CC2)cc1)c1cccc(N2CC=CC2)c1. The number of nitrogens with one attached hydrogen (secondary N) is 2. The van der Waals surface area contributed by atoms with Crippen LogP contribution in [0, 0.1) is 5.92 Å². The Hall–Kier alpha value is -3.08.